The van der Waals surface area contributed by atoms with E-state index in [0.29, 0.717) is 26.3 Å². The molecule has 0 radical (unpaired) electrons. The van der Waals surface area contributed by atoms with Crippen molar-refractivity contribution in [2.24, 2.45) is 0 Å². The Balaban J connectivity index is 2.22. The Hall–Kier alpha value is -1.35. The van der Waals surface area contributed by atoms with Crippen LogP contribution < -0.4 is 0 Å². The van der Waals surface area contributed by atoms with Gasteiger partial charge in [0.25, 0.3) is 5.91 Å². The molecular formula is C13H17NO2. The fraction of sp³-hybridized carbons (Fsp3) is 0.462. The van der Waals surface area contributed by atoms with Gasteiger partial charge in [-0.25, -0.2) is 0 Å². The third kappa shape index (κ3) is 2.09. The maximum atomic E-state index is 12.2. The van der Waals surface area contributed by atoms with Crippen molar-refractivity contribution in [3.05, 3.63) is 34.9 Å². The molecule has 0 unspecified atom stereocenters. The Morgan fingerprint density at radius 2 is 1.94 bits per heavy atom. The molecule has 86 valence electrons. The molecule has 1 fully saturated rings. The summed E-state index contributed by atoms with van der Waals surface area (Å²) in [7, 11) is 0. The molecule has 0 N–H and O–H groups in total. The highest BCUT2D eigenvalue weighted by molar-refractivity contribution is 5.96. The van der Waals surface area contributed by atoms with E-state index in [1.807, 2.05) is 36.9 Å². The molecular weight excluding hydrogens is 202 g/mol. The Morgan fingerprint density at radius 1 is 1.25 bits per heavy atom. The lowest BCUT2D eigenvalue weighted by molar-refractivity contribution is 0.0302. The van der Waals surface area contributed by atoms with Crippen molar-refractivity contribution in [1.29, 1.82) is 0 Å². The van der Waals surface area contributed by atoms with Gasteiger partial charge >= 0.3 is 0 Å². The molecule has 0 atom stereocenters. The Bertz CT molecular complexity index is 395. The molecule has 1 aromatic carbocycles. The first kappa shape index (κ1) is 11.1. The van der Waals surface area contributed by atoms with Crippen molar-refractivity contribution in [3.63, 3.8) is 0 Å². The summed E-state index contributed by atoms with van der Waals surface area (Å²) in [5, 5.41) is 0. The lowest BCUT2D eigenvalue weighted by atomic mass is 10.0. The van der Waals surface area contributed by atoms with Gasteiger partial charge in [-0.05, 0) is 31.0 Å². The van der Waals surface area contributed by atoms with E-state index in [1.165, 1.54) is 5.56 Å². The van der Waals surface area contributed by atoms with E-state index in [0.717, 1.165) is 11.1 Å². The Kier molecular flexibility index (Phi) is 3.25. The summed E-state index contributed by atoms with van der Waals surface area (Å²) >= 11 is 0. The van der Waals surface area contributed by atoms with Crippen LogP contribution in [0.5, 0.6) is 0 Å². The first-order valence-electron chi connectivity index (χ1n) is 5.63. The highest BCUT2D eigenvalue weighted by Gasteiger charge is 2.19. The summed E-state index contributed by atoms with van der Waals surface area (Å²) in [4.78, 5) is 14.1. The molecule has 2 rings (SSSR count). The number of amides is 1. The molecule has 3 heteroatoms. The summed E-state index contributed by atoms with van der Waals surface area (Å²) in [6.45, 7) is 6.74. The first-order valence-corrected chi connectivity index (χ1v) is 5.63. The topological polar surface area (TPSA) is 29.5 Å². The number of aryl methyl sites for hydroxylation is 1. The van der Waals surface area contributed by atoms with Gasteiger partial charge < -0.3 is 9.64 Å². The van der Waals surface area contributed by atoms with Crippen LogP contribution in [0, 0.1) is 13.8 Å². The van der Waals surface area contributed by atoms with E-state index < -0.39 is 0 Å². The van der Waals surface area contributed by atoms with Crippen LogP contribution in [0.15, 0.2) is 18.2 Å². The molecule has 3 nitrogen and oxygen atoms in total. The number of morpholine rings is 1. The van der Waals surface area contributed by atoms with Gasteiger partial charge in [0.05, 0.1) is 13.2 Å². The van der Waals surface area contributed by atoms with Crippen LogP contribution in [0.3, 0.4) is 0 Å². The fourth-order valence-electron chi connectivity index (χ4n) is 1.92. The van der Waals surface area contributed by atoms with Gasteiger partial charge in [-0.1, -0.05) is 12.1 Å². The zero-order valence-electron chi connectivity index (χ0n) is 9.82. The maximum absolute atomic E-state index is 12.2. The number of benzene rings is 1. The third-order valence-corrected chi connectivity index (χ3v) is 3.13. The van der Waals surface area contributed by atoms with E-state index >= 15 is 0 Å². The molecule has 1 saturated heterocycles. The second-order valence-corrected chi connectivity index (χ2v) is 4.15. The molecule has 1 aliphatic rings. The van der Waals surface area contributed by atoms with Crippen molar-refractivity contribution < 1.29 is 9.53 Å². The monoisotopic (exact) mass is 219 g/mol. The number of carbonyl (C=O) groups is 1. The minimum absolute atomic E-state index is 0.129. The lowest BCUT2D eigenvalue weighted by Crippen LogP contribution is -2.41. The highest BCUT2D eigenvalue weighted by Crippen LogP contribution is 2.15. The number of hydrogen-bond acceptors (Lipinski definition) is 2. The molecule has 1 aromatic rings. The van der Waals surface area contributed by atoms with Crippen LogP contribution in [-0.4, -0.2) is 37.1 Å². The van der Waals surface area contributed by atoms with Crippen LogP contribution in [-0.2, 0) is 4.74 Å². The van der Waals surface area contributed by atoms with Gasteiger partial charge in [-0.2, -0.15) is 0 Å². The summed E-state index contributed by atoms with van der Waals surface area (Å²) in [6.07, 6.45) is 0. The third-order valence-electron chi connectivity index (χ3n) is 3.13. The predicted molar refractivity (Wildman–Crippen MR) is 62.6 cm³/mol. The molecule has 0 aromatic heterocycles. The molecule has 0 bridgehead atoms. The fourth-order valence-corrected chi connectivity index (χ4v) is 1.92. The molecule has 0 saturated carbocycles. The van der Waals surface area contributed by atoms with Crippen molar-refractivity contribution in [2.45, 2.75) is 13.8 Å². The van der Waals surface area contributed by atoms with Gasteiger partial charge in [-0.3, -0.25) is 4.79 Å². The van der Waals surface area contributed by atoms with Crippen LogP contribution in [0.1, 0.15) is 21.5 Å². The minimum atomic E-state index is 0.129. The van der Waals surface area contributed by atoms with Gasteiger partial charge in [0.2, 0.25) is 0 Å². The van der Waals surface area contributed by atoms with Crippen LogP contribution in [0.4, 0.5) is 0 Å². The van der Waals surface area contributed by atoms with Gasteiger partial charge in [-0.15, -0.1) is 0 Å². The highest BCUT2D eigenvalue weighted by atomic mass is 16.5. The Morgan fingerprint density at radius 3 is 2.62 bits per heavy atom. The van der Waals surface area contributed by atoms with Gasteiger partial charge in [0.1, 0.15) is 0 Å². The van der Waals surface area contributed by atoms with E-state index in [4.69, 9.17) is 4.74 Å². The number of nitrogens with zero attached hydrogens (tertiary/aromatic N) is 1. The predicted octanol–water partition coefficient (Wildman–Crippen LogP) is 1.78. The zero-order chi connectivity index (χ0) is 11.5. The molecule has 1 aliphatic heterocycles. The van der Waals surface area contributed by atoms with E-state index in [9.17, 15) is 4.79 Å². The second-order valence-electron chi connectivity index (χ2n) is 4.15. The number of rotatable bonds is 1. The first-order chi connectivity index (χ1) is 7.70. The van der Waals surface area contributed by atoms with Crippen molar-refractivity contribution in [1.82, 2.24) is 4.90 Å². The standard InChI is InChI=1S/C13H17NO2/c1-10-4-3-5-12(11(10)2)13(15)14-6-8-16-9-7-14/h3-5H,6-9H2,1-2H3. The number of hydrogen-bond donors (Lipinski definition) is 0. The molecule has 16 heavy (non-hydrogen) atoms. The maximum Gasteiger partial charge on any atom is 0.254 e. The van der Waals surface area contributed by atoms with Gasteiger partial charge in [0.15, 0.2) is 0 Å². The largest absolute Gasteiger partial charge is 0.378 e. The molecule has 1 heterocycles. The average molecular weight is 219 g/mol. The van der Waals surface area contributed by atoms with Crippen LogP contribution >= 0.6 is 0 Å². The summed E-state index contributed by atoms with van der Waals surface area (Å²) in [6, 6.07) is 5.88. The smallest absolute Gasteiger partial charge is 0.254 e. The van der Waals surface area contributed by atoms with Crippen LogP contribution in [0.25, 0.3) is 0 Å². The molecule has 0 spiro atoms. The van der Waals surface area contributed by atoms with Crippen molar-refractivity contribution >= 4 is 5.91 Å². The molecule has 0 aliphatic carbocycles. The van der Waals surface area contributed by atoms with Crippen molar-refractivity contribution in [3.8, 4) is 0 Å². The number of carbonyl (C=O) groups excluding carboxylic acids is 1. The van der Waals surface area contributed by atoms with E-state index in [-0.39, 0.29) is 5.91 Å². The second kappa shape index (κ2) is 4.66. The Labute approximate surface area is 96.0 Å². The quantitative estimate of drug-likeness (QED) is 0.720. The summed E-state index contributed by atoms with van der Waals surface area (Å²) in [5.74, 6) is 0.129. The lowest BCUT2D eigenvalue weighted by Gasteiger charge is -2.27. The average Bonchev–Trinajstić information content (AvgIpc) is 2.33. The van der Waals surface area contributed by atoms with E-state index in [2.05, 4.69) is 0 Å². The summed E-state index contributed by atoms with van der Waals surface area (Å²) < 4.78 is 5.25. The van der Waals surface area contributed by atoms with Gasteiger partial charge in [0, 0.05) is 18.7 Å². The van der Waals surface area contributed by atoms with Crippen LogP contribution in [0.2, 0.25) is 0 Å². The zero-order valence-corrected chi connectivity index (χ0v) is 9.82. The molecule has 1 amide bonds. The summed E-state index contributed by atoms with van der Waals surface area (Å²) in [5.41, 5.74) is 3.07. The SMILES string of the molecule is Cc1cccc(C(=O)N2CCOCC2)c1C. The van der Waals surface area contributed by atoms with Crippen molar-refractivity contribution in [2.75, 3.05) is 26.3 Å². The normalized spacial score (nSPS) is 16.2. The van der Waals surface area contributed by atoms with E-state index in [1.54, 1.807) is 0 Å². The minimum Gasteiger partial charge on any atom is -0.378 e. The number of ether oxygens (including phenoxy) is 1.